The number of hydrogen-bond donors (Lipinski definition) is 1. The number of carbonyl (C=O) groups excluding carboxylic acids is 1. The van der Waals surface area contributed by atoms with Crippen LogP contribution in [0.2, 0.25) is 0 Å². The molecule has 1 aromatic rings. The Balaban J connectivity index is 2.18. The third-order valence-corrected chi connectivity index (χ3v) is 3.29. The van der Waals surface area contributed by atoms with E-state index in [0.29, 0.717) is 18.8 Å². The molecule has 90 valence electrons. The number of anilines is 1. The fraction of sp³-hybridized carbons (Fsp3) is 0.333. The molecule has 0 aliphatic carbocycles. The summed E-state index contributed by atoms with van der Waals surface area (Å²) in [6.45, 7) is 0.606. The van der Waals surface area contributed by atoms with Crippen molar-refractivity contribution in [2.75, 3.05) is 17.3 Å². The molecule has 1 aromatic carbocycles. The minimum Gasteiger partial charge on any atom is -0.478 e. The van der Waals surface area contributed by atoms with Crippen LogP contribution in [0.4, 0.5) is 5.69 Å². The fourth-order valence-corrected chi connectivity index (χ4v) is 2.13. The van der Waals surface area contributed by atoms with Crippen LogP contribution in [-0.4, -0.2) is 29.4 Å². The van der Waals surface area contributed by atoms with Gasteiger partial charge in [0.2, 0.25) is 5.91 Å². The largest absolute Gasteiger partial charge is 0.478 e. The lowest BCUT2D eigenvalue weighted by molar-refractivity contribution is -0.117. The lowest BCUT2D eigenvalue weighted by Crippen LogP contribution is -2.24. The number of carboxylic acid groups (broad SMARTS) is 1. The van der Waals surface area contributed by atoms with Crippen LogP contribution in [-0.2, 0) is 4.79 Å². The van der Waals surface area contributed by atoms with Gasteiger partial charge in [-0.1, -0.05) is 0 Å². The van der Waals surface area contributed by atoms with Crippen molar-refractivity contribution < 1.29 is 14.7 Å². The van der Waals surface area contributed by atoms with Crippen molar-refractivity contribution in [3.8, 4) is 0 Å². The molecule has 4 nitrogen and oxygen atoms in total. The first-order valence-corrected chi connectivity index (χ1v) is 5.85. The maximum absolute atomic E-state index is 11.7. The highest BCUT2D eigenvalue weighted by atomic mass is 35.5. The number of aromatic carboxylic acids is 1. The zero-order chi connectivity index (χ0) is 12.4. The van der Waals surface area contributed by atoms with E-state index in [1.807, 2.05) is 0 Å². The molecule has 17 heavy (non-hydrogen) atoms. The Morgan fingerprint density at radius 2 is 2.06 bits per heavy atom. The molecule has 1 amide bonds. The van der Waals surface area contributed by atoms with E-state index in [-0.39, 0.29) is 17.4 Å². The number of benzene rings is 1. The van der Waals surface area contributed by atoms with Gasteiger partial charge < -0.3 is 10.0 Å². The van der Waals surface area contributed by atoms with Gasteiger partial charge >= 0.3 is 5.97 Å². The van der Waals surface area contributed by atoms with Crippen LogP contribution in [0, 0.1) is 5.92 Å². The van der Waals surface area contributed by atoms with E-state index in [0.717, 1.165) is 5.69 Å². The predicted octanol–water partition coefficient (Wildman–Crippen LogP) is 1.98. The summed E-state index contributed by atoms with van der Waals surface area (Å²) in [4.78, 5) is 24.1. The second-order valence-electron chi connectivity index (χ2n) is 4.08. The van der Waals surface area contributed by atoms with Crippen LogP contribution in [0.25, 0.3) is 0 Å². The first-order chi connectivity index (χ1) is 8.11. The van der Waals surface area contributed by atoms with Crippen molar-refractivity contribution in [3.63, 3.8) is 0 Å². The number of nitrogens with zero attached hydrogens (tertiary/aromatic N) is 1. The van der Waals surface area contributed by atoms with Crippen LogP contribution in [0.3, 0.4) is 0 Å². The molecular formula is C12H12ClNO3. The topological polar surface area (TPSA) is 57.6 Å². The second-order valence-corrected chi connectivity index (χ2v) is 4.39. The third kappa shape index (κ3) is 2.42. The van der Waals surface area contributed by atoms with Gasteiger partial charge in [-0.25, -0.2) is 4.79 Å². The predicted molar refractivity (Wildman–Crippen MR) is 64.6 cm³/mol. The molecule has 0 aromatic heterocycles. The van der Waals surface area contributed by atoms with Crippen LogP contribution < -0.4 is 4.90 Å². The summed E-state index contributed by atoms with van der Waals surface area (Å²) < 4.78 is 0. The van der Waals surface area contributed by atoms with Gasteiger partial charge in [0.25, 0.3) is 0 Å². The van der Waals surface area contributed by atoms with Crippen LogP contribution in [0.1, 0.15) is 16.8 Å². The Morgan fingerprint density at radius 3 is 2.53 bits per heavy atom. The van der Waals surface area contributed by atoms with Crippen molar-refractivity contribution in [2.24, 2.45) is 5.92 Å². The van der Waals surface area contributed by atoms with Crippen molar-refractivity contribution in [3.05, 3.63) is 29.8 Å². The monoisotopic (exact) mass is 253 g/mol. The first-order valence-electron chi connectivity index (χ1n) is 5.31. The standard InChI is InChI=1S/C12H12ClNO3/c13-6-8-5-11(15)14(7-8)10-3-1-9(2-4-10)12(16)17/h1-4,8H,5-7H2,(H,16,17). The van der Waals surface area contributed by atoms with Crippen molar-refractivity contribution in [2.45, 2.75) is 6.42 Å². The molecule has 1 fully saturated rings. The van der Waals surface area contributed by atoms with E-state index < -0.39 is 5.97 Å². The van der Waals surface area contributed by atoms with Gasteiger partial charge in [0.1, 0.15) is 0 Å². The summed E-state index contributed by atoms with van der Waals surface area (Å²) in [6.07, 6.45) is 0.462. The zero-order valence-corrected chi connectivity index (χ0v) is 9.85. The number of rotatable bonds is 3. The summed E-state index contributed by atoms with van der Waals surface area (Å²) in [7, 11) is 0. The van der Waals surface area contributed by atoms with E-state index in [1.54, 1.807) is 17.0 Å². The number of carboxylic acids is 1. The van der Waals surface area contributed by atoms with Gasteiger partial charge in [0, 0.05) is 24.5 Å². The Hall–Kier alpha value is -1.55. The van der Waals surface area contributed by atoms with Crippen LogP contribution in [0.5, 0.6) is 0 Å². The van der Waals surface area contributed by atoms with Gasteiger partial charge in [-0.05, 0) is 30.2 Å². The minimum atomic E-state index is -0.970. The fourth-order valence-electron chi connectivity index (χ4n) is 1.92. The molecule has 1 atom stereocenters. The highest BCUT2D eigenvalue weighted by molar-refractivity contribution is 6.18. The SMILES string of the molecule is O=C(O)c1ccc(N2CC(CCl)CC2=O)cc1. The van der Waals surface area contributed by atoms with Crippen molar-refractivity contribution in [1.82, 2.24) is 0 Å². The van der Waals surface area contributed by atoms with Gasteiger partial charge in [-0.3, -0.25) is 4.79 Å². The number of amides is 1. The smallest absolute Gasteiger partial charge is 0.335 e. The molecular weight excluding hydrogens is 242 g/mol. The molecule has 1 heterocycles. The van der Waals surface area contributed by atoms with E-state index in [2.05, 4.69) is 0 Å². The van der Waals surface area contributed by atoms with E-state index in [4.69, 9.17) is 16.7 Å². The van der Waals surface area contributed by atoms with Crippen LogP contribution >= 0.6 is 11.6 Å². The molecule has 1 N–H and O–H groups in total. The third-order valence-electron chi connectivity index (χ3n) is 2.85. The van der Waals surface area contributed by atoms with Crippen LogP contribution in [0.15, 0.2) is 24.3 Å². The molecule has 0 saturated carbocycles. The molecule has 1 aliphatic rings. The summed E-state index contributed by atoms with van der Waals surface area (Å²) in [5, 5.41) is 8.78. The van der Waals surface area contributed by atoms with Gasteiger partial charge in [-0.15, -0.1) is 11.6 Å². The van der Waals surface area contributed by atoms with Gasteiger partial charge in [0.05, 0.1) is 5.56 Å². The summed E-state index contributed by atoms with van der Waals surface area (Å²) in [5.74, 6) is -0.278. The molecule has 0 bridgehead atoms. The number of halogens is 1. The number of alkyl halides is 1. The Kier molecular flexibility index (Phi) is 3.33. The molecule has 5 heteroatoms. The van der Waals surface area contributed by atoms with Crippen molar-refractivity contribution in [1.29, 1.82) is 0 Å². The first kappa shape index (κ1) is 11.9. The Labute approximate surface area is 104 Å². The maximum atomic E-state index is 11.7. The number of carbonyl (C=O) groups is 2. The highest BCUT2D eigenvalue weighted by Gasteiger charge is 2.29. The molecule has 1 unspecified atom stereocenters. The average Bonchev–Trinajstić information content (AvgIpc) is 2.71. The molecule has 1 saturated heterocycles. The summed E-state index contributed by atoms with van der Waals surface area (Å²) >= 11 is 5.74. The number of hydrogen-bond acceptors (Lipinski definition) is 2. The quantitative estimate of drug-likeness (QED) is 0.838. The molecule has 2 rings (SSSR count). The van der Waals surface area contributed by atoms with E-state index >= 15 is 0 Å². The summed E-state index contributed by atoms with van der Waals surface area (Å²) in [5.41, 5.74) is 0.946. The maximum Gasteiger partial charge on any atom is 0.335 e. The molecule has 1 aliphatic heterocycles. The summed E-state index contributed by atoms with van der Waals surface area (Å²) in [6, 6.07) is 6.30. The minimum absolute atomic E-state index is 0.0405. The second kappa shape index (κ2) is 4.75. The molecule has 0 spiro atoms. The normalized spacial score (nSPS) is 19.7. The average molecular weight is 254 g/mol. The Morgan fingerprint density at radius 1 is 1.41 bits per heavy atom. The van der Waals surface area contributed by atoms with E-state index in [1.165, 1.54) is 12.1 Å². The van der Waals surface area contributed by atoms with Gasteiger partial charge in [-0.2, -0.15) is 0 Å². The van der Waals surface area contributed by atoms with Gasteiger partial charge in [0.15, 0.2) is 0 Å². The Bertz CT molecular complexity index is 444. The lowest BCUT2D eigenvalue weighted by Gasteiger charge is -2.16. The zero-order valence-electron chi connectivity index (χ0n) is 9.10. The highest BCUT2D eigenvalue weighted by Crippen LogP contribution is 2.25. The van der Waals surface area contributed by atoms with E-state index in [9.17, 15) is 9.59 Å². The molecule has 0 radical (unpaired) electrons. The van der Waals surface area contributed by atoms with Crippen molar-refractivity contribution >= 4 is 29.2 Å². The lowest BCUT2D eigenvalue weighted by atomic mass is 10.1.